The fraction of sp³-hybridized carbons (Fsp3) is 0.417. The van der Waals surface area contributed by atoms with E-state index in [1.807, 2.05) is 30.5 Å². The molecule has 1 aromatic rings. The summed E-state index contributed by atoms with van der Waals surface area (Å²) in [5, 5.41) is 6.46. The monoisotopic (exact) mass is 279 g/mol. The highest BCUT2D eigenvalue weighted by Crippen LogP contribution is 2.23. The maximum absolute atomic E-state index is 11.7. The van der Waals surface area contributed by atoms with Gasteiger partial charge in [-0.25, -0.2) is 0 Å². The lowest BCUT2D eigenvalue weighted by molar-refractivity contribution is -0.124. The molecule has 1 amide bonds. The number of nitrogens with zero attached hydrogens (tertiary/aromatic N) is 3. The second kappa shape index (κ2) is 7.04. The van der Waals surface area contributed by atoms with Gasteiger partial charge in [0.25, 0.3) is 0 Å². The van der Waals surface area contributed by atoms with E-state index < -0.39 is 11.4 Å². The van der Waals surface area contributed by atoms with Crippen LogP contribution in [0.4, 0.5) is 0 Å². The van der Waals surface area contributed by atoms with Crippen LogP contribution in [-0.2, 0) is 10.3 Å². The van der Waals surface area contributed by atoms with Crippen molar-refractivity contribution in [3.05, 3.63) is 40.3 Å². The molecule has 1 unspecified atom stereocenters. The number of primary amides is 1. The van der Waals surface area contributed by atoms with Crippen LogP contribution in [-0.4, -0.2) is 25.3 Å². The van der Waals surface area contributed by atoms with Gasteiger partial charge in [0.1, 0.15) is 5.54 Å². The number of hydrogen-bond acceptors (Lipinski definition) is 4. The lowest BCUT2D eigenvalue weighted by atomic mass is 9.91. The Balaban J connectivity index is 2.90. The third-order valence-electron chi connectivity index (χ3n) is 2.91. The summed E-state index contributed by atoms with van der Waals surface area (Å²) in [6.45, 7) is 2.37. The number of carbonyl (C=O) groups excluding carboxylic acids is 1. The van der Waals surface area contributed by atoms with Crippen LogP contribution in [0.5, 0.6) is 0 Å². The van der Waals surface area contributed by atoms with Gasteiger partial charge in [0.2, 0.25) is 5.91 Å². The van der Waals surface area contributed by atoms with E-state index in [2.05, 4.69) is 15.3 Å². The first-order valence-electron chi connectivity index (χ1n) is 5.75. The molecule has 102 valence electrons. The highest BCUT2D eigenvalue weighted by atomic mass is 32.2. The number of azide groups is 1. The summed E-state index contributed by atoms with van der Waals surface area (Å²) in [6, 6.07) is 7.63. The Morgan fingerprint density at radius 1 is 1.53 bits per heavy atom. The summed E-state index contributed by atoms with van der Waals surface area (Å²) in [7, 11) is 0. The molecule has 0 bridgehead atoms. The second-order valence-corrected chi connectivity index (χ2v) is 4.98. The van der Waals surface area contributed by atoms with Crippen LogP contribution in [0.3, 0.4) is 0 Å². The summed E-state index contributed by atoms with van der Waals surface area (Å²) >= 11 is 1.63. The van der Waals surface area contributed by atoms with Gasteiger partial charge >= 0.3 is 0 Å². The van der Waals surface area contributed by atoms with Crippen molar-refractivity contribution in [1.82, 2.24) is 5.32 Å². The second-order valence-electron chi connectivity index (χ2n) is 4.10. The molecular formula is C12H17N5OS. The number of thioether (sulfide) groups is 1. The first kappa shape index (κ1) is 15.4. The minimum absolute atomic E-state index is 0.266. The van der Waals surface area contributed by atoms with Crippen molar-refractivity contribution in [2.24, 2.45) is 10.8 Å². The lowest BCUT2D eigenvalue weighted by Crippen LogP contribution is -2.51. The van der Waals surface area contributed by atoms with Crippen LogP contribution in [0.15, 0.2) is 34.3 Å². The molecule has 3 N–H and O–H groups in total. The van der Waals surface area contributed by atoms with Crippen LogP contribution in [0.1, 0.15) is 12.5 Å². The molecule has 1 rings (SSSR count). The Labute approximate surface area is 116 Å². The molecule has 1 atom stereocenters. The van der Waals surface area contributed by atoms with Crippen molar-refractivity contribution in [2.45, 2.75) is 17.4 Å². The minimum Gasteiger partial charge on any atom is -0.368 e. The maximum atomic E-state index is 11.7. The number of rotatable bonds is 7. The summed E-state index contributed by atoms with van der Waals surface area (Å²) < 4.78 is 0. The van der Waals surface area contributed by atoms with Gasteiger partial charge in [-0.15, -0.1) is 11.8 Å². The SMILES string of the molecule is CSc1ccc(C(C)(NCCN=[N+]=[N-])C(N)=O)cc1. The zero-order valence-corrected chi connectivity index (χ0v) is 11.8. The van der Waals surface area contributed by atoms with E-state index in [9.17, 15) is 4.79 Å². The minimum atomic E-state index is -0.970. The molecule has 0 saturated heterocycles. The molecule has 6 nitrogen and oxygen atoms in total. The zero-order valence-electron chi connectivity index (χ0n) is 11.0. The summed E-state index contributed by atoms with van der Waals surface area (Å²) in [5.41, 5.74) is 13.5. The molecule has 0 spiro atoms. The fourth-order valence-corrected chi connectivity index (χ4v) is 2.06. The van der Waals surface area contributed by atoms with Crippen LogP contribution in [0.2, 0.25) is 0 Å². The van der Waals surface area contributed by atoms with E-state index >= 15 is 0 Å². The Morgan fingerprint density at radius 2 is 2.16 bits per heavy atom. The standard InChI is InChI=1S/C12H17N5OS/c1-12(11(13)18,15-7-8-16-17-14)9-3-5-10(19-2)6-4-9/h3-6,15H,7-8H2,1-2H3,(H2,13,18). The highest BCUT2D eigenvalue weighted by Gasteiger charge is 2.32. The number of hydrogen-bond donors (Lipinski definition) is 2. The summed E-state index contributed by atoms with van der Waals surface area (Å²) in [4.78, 5) is 15.5. The molecule has 0 aliphatic carbocycles. The lowest BCUT2D eigenvalue weighted by Gasteiger charge is -2.28. The van der Waals surface area contributed by atoms with E-state index in [0.717, 1.165) is 10.5 Å². The van der Waals surface area contributed by atoms with Gasteiger partial charge in [-0.1, -0.05) is 17.2 Å². The first-order valence-corrected chi connectivity index (χ1v) is 6.97. The van der Waals surface area contributed by atoms with E-state index in [1.165, 1.54) is 0 Å². The van der Waals surface area contributed by atoms with E-state index in [-0.39, 0.29) is 6.54 Å². The van der Waals surface area contributed by atoms with Crippen LogP contribution >= 0.6 is 11.8 Å². The molecule has 0 heterocycles. The molecule has 1 aromatic carbocycles. The summed E-state index contributed by atoms with van der Waals surface area (Å²) in [5.74, 6) is -0.467. The molecule has 0 aliphatic rings. The van der Waals surface area contributed by atoms with Gasteiger partial charge in [0.15, 0.2) is 0 Å². The van der Waals surface area contributed by atoms with E-state index in [1.54, 1.807) is 18.7 Å². The molecular weight excluding hydrogens is 262 g/mol. The molecule has 0 fully saturated rings. The molecule has 19 heavy (non-hydrogen) atoms. The highest BCUT2D eigenvalue weighted by molar-refractivity contribution is 7.98. The Hall–Kier alpha value is -1.69. The number of benzene rings is 1. The van der Waals surface area contributed by atoms with Gasteiger partial charge < -0.3 is 5.73 Å². The Bertz CT molecular complexity index is 483. The Morgan fingerprint density at radius 3 is 2.63 bits per heavy atom. The van der Waals surface area contributed by atoms with E-state index in [0.29, 0.717) is 6.54 Å². The third kappa shape index (κ3) is 3.89. The quantitative estimate of drug-likeness (QED) is 0.262. The van der Waals surface area contributed by atoms with Gasteiger partial charge in [0.05, 0.1) is 0 Å². The van der Waals surface area contributed by atoms with E-state index in [4.69, 9.17) is 11.3 Å². The van der Waals surface area contributed by atoms with Crippen LogP contribution in [0, 0.1) is 0 Å². The third-order valence-corrected chi connectivity index (χ3v) is 3.66. The number of amides is 1. The van der Waals surface area contributed by atoms with Crippen LogP contribution < -0.4 is 11.1 Å². The van der Waals surface area contributed by atoms with Gasteiger partial charge in [0, 0.05) is 22.9 Å². The summed E-state index contributed by atoms with van der Waals surface area (Å²) in [6.07, 6.45) is 1.99. The Kier molecular flexibility index (Phi) is 5.69. The topological polar surface area (TPSA) is 104 Å². The normalized spacial score (nSPS) is 13.4. The average Bonchev–Trinajstić information content (AvgIpc) is 2.43. The fourth-order valence-electron chi connectivity index (χ4n) is 1.66. The van der Waals surface area contributed by atoms with Gasteiger partial charge in [-0.2, -0.15) is 0 Å². The molecule has 0 radical (unpaired) electrons. The molecule has 0 aliphatic heterocycles. The van der Waals surface area contributed by atoms with Crippen molar-refractivity contribution >= 4 is 17.7 Å². The number of nitrogens with one attached hydrogen (secondary N) is 1. The molecule has 7 heteroatoms. The first-order chi connectivity index (χ1) is 9.04. The predicted octanol–water partition coefficient (Wildman–Crippen LogP) is 2.01. The predicted molar refractivity (Wildman–Crippen MR) is 76.8 cm³/mol. The van der Waals surface area contributed by atoms with Crippen molar-refractivity contribution in [3.63, 3.8) is 0 Å². The smallest absolute Gasteiger partial charge is 0.242 e. The van der Waals surface area contributed by atoms with Crippen molar-refractivity contribution in [1.29, 1.82) is 0 Å². The van der Waals surface area contributed by atoms with Crippen molar-refractivity contribution in [2.75, 3.05) is 19.3 Å². The molecule has 0 aromatic heterocycles. The van der Waals surface area contributed by atoms with Gasteiger partial charge in [-0.05, 0) is 36.4 Å². The van der Waals surface area contributed by atoms with Crippen LogP contribution in [0.25, 0.3) is 10.4 Å². The molecule has 0 saturated carbocycles. The van der Waals surface area contributed by atoms with Gasteiger partial charge in [-0.3, -0.25) is 10.1 Å². The van der Waals surface area contributed by atoms with Crippen molar-refractivity contribution < 1.29 is 4.79 Å². The maximum Gasteiger partial charge on any atom is 0.242 e. The zero-order chi connectivity index (χ0) is 14.3. The average molecular weight is 279 g/mol. The van der Waals surface area contributed by atoms with Crippen molar-refractivity contribution in [3.8, 4) is 0 Å². The largest absolute Gasteiger partial charge is 0.368 e. The number of carbonyl (C=O) groups is 1. The number of nitrogens with two attached hydrogens (primary N) is 1.